The van der Waals surface area contributed by atoms with Crippen LogP contribution >= 0.6 is 0 Å². The van der Waals surface area contributed by atoms with Crippen molar-refractivity contribution in [3.63, 3.8) is 0 Å². The summed E-state index contributed by atoms with van der Waals surface area (Å²) in [6.07, 6.45) is 1.64. The summed E-state index contributed by atoms with van der Waals surface area (Å²) < 4.78 is 0. The molecular formula is C25H25N3O2. The van der Waals surface area contributed by atoms with Crippen molar-refractivity contribution < 1.29 is 9.59 Å². The summed E-state index contributed by atoms with van der Waals surface area (Å²) in [6.45, 7) is 1.68. The predicted octanol–water partition coefficient (Wildman–Crippen LogP) is 3.93. The van der Waals surface area contributed by atoms with Crippen molar-refractivity contribution >= 4 is 17.6 Å². The van der Waals surface area contributed by atoms with E-state index in [0.29, 0.717) is 25.2 Å². The third-order valence-corrected chi connectivity index (χ3v) is 5.31. The Hall–Kier alpha value is -3.60. The van der Waals surface area contributed by atoms with Crippen LogP contribution < -0.4 is 15.5 Å². The largest absolute Gasteiger partial charge is 0.338 e. The first-order valence-electron chi connectivity index (χ1n) is 10.2. The van der Waals surface area contributed by atoms with Crippen molar-refractivity contribution in [3.05, 3.63) is 101 Å². The van der Waals surface area contributed by atoms with Gasteiger partial charge in [-0.15, -0.1) is 0 Å². The van der Waals surface area contributed by atoms with E-state index in [1.54, 1.807) is 0 Å². The standard InChI is InChI=1S/C25H25N3O2/c29-24(22-9-5-2-6-10-22)28-16-14-21-12-11-20(17-23(21)28)18-27-25(30)26-15-13-19-7-3-1-4-8-19/h1-12,17H,13-16,18H2,(H2,26,27,30). The molecule has 0 aliphatic carbocycles. The average molecular weight is 399 g/mol. The number of hydrogen-bond donors (Lipinski definition) is 2. The van der Waals surface area contributed by atoms with Gasteiger partial charge in [-0.05, 0) is 47.7 Å². The summed E-state index contributed by atoms with van der Waals surface area (Å²) >= 11 is 0. The number of carbonyl (C=O) groups excluding carboxylic acids is 2. The Morgan fingerprint density at radius 1 is 0.833 bits per heavy atom. The molecule has 3 aromatic carbocycles. The molecule has 0 spiro atoms. The summed E-state index contributed by atoms with van der Waals surface area (Å²) in [5, 5.41) is 5.79. The van der Waals surface area contributed by atoms with Gasteiger partial charge in [0.15, 0.2) is 0 Å². The minimum absolute atomic E-state index is 0.0121. The maximum absolute atomic E-state index is 12.9. The number of nitrogens with one attached hydrogen (secondary N) is 2. The fraction of sp³-hybridized carbons (Fsp3) is 0.200. The Kier molecular flexibility index (Phi) is 6.09. The van der Waals surface area contributed by atoms with E-state index < -0.39 is 0 Å². The zero-order valence-electron chi connectivity index (χ0n) is 16.8. The van der Waals surface area contributed by atoms with E-state index in [0.717, 1.165) is 29.7 Å². The van der Waals surface area contributed by atoms with Gasteiger partial charge < -0.3 is 15.5 Å². The number of urea groups is 1. The second-order valence-corrected chi connectivity index (χ2v) is 7.38. The highest BCUT2D eigenvalue weighted by molar-refractivity contribution is 6.07. The molecule has 5 heteroatoms. The van der Waals surface area contributed by atoms with Crippen molar-refractivity contribution in [1.82, 2.24) is 10.6 Å². The Balaban J connectivity index is 1.33. The maximum atomic E-state index is 12.9. The first kappa shape index (κ1) is 19.7. The molecule has 0 saturated heterocycles. The van der Waals surface area contributed by atoms with Gasteiger partial charge in [-0.25, -0.2) is 4.79 Å². The number of fused-ring (bicyclic) bond motifs is 1. The molecule has 1 aliphatic heterocycles. The van der Waals surface area contributed by atoms with Gasteiger partial charge in [0.05, 0.1) is 0 Å². The van der Waals surface area contributed by atoms with Gasteiger partial charge in [-0.1, -0.05) is 60.7 Å². The Labute approximate surface area is 176 Å². The van der Waals surface area contributed by atoms with Crippen molar-refractivity contribution in [2.75, 3.05) is 18.0 Å². The molecule has 0 saturated carbocycles. The Morgan fingerprint density at radius 2 is 1.57 bits per heavy atom. The van der Waals surface area contributed by atoms with Crippen LogP contribution in [0.2, 0.25) is 0 Å². The van der Waals surface area contributed by atoms with Crippen molar-refractivity contribution in [3.8, 4) is 0 Å². The number of anilines is 1. The summed E-state index contributed by atoms with van der Waals surface area (Å²) in [5.41, 5.74) is 4.95. The number of hydrogen-bond acceptors (Lipinski definition) is 2. The van der Waals surface area contributed by atoms with E-state index in [9.17, 15) is 9.59 Å². The SMILES string of the molecule is O=C(NCCc1ccccc1)NCc1ccc2c(c1)N(C(=O)c1ccccc1)CC2. The van der Waals surface area contributed by atoms with Crippen molar-refractivity contribution in [2.45, 2.75) is 19.4 Å². The van der Waals surface area contributed by atoms with E-state index in [-0.39, 0.29) is 11.9 Å². The van der Waals surface area contributed by atoms with Crippen LogP contribution in [0.25, 0.3) is 0 Å². The first-order chi connectivity index (χ1) is 14.7. The number of benzene rings is 3. The van der Waals surface area contributed by atoms with Crippen LogP contribution in [0.15, 0.2) is 78.9 Å². The van der Waals surface area contributed by atoms with Gasteiger partial charge in [0.1, 0.15) is 0 Å². The lowest BCUT2D eigenvalue weighted by Gasteiger charge is -2.18. The summed E-state index contributed by atoms with van der Waals surface area (Å²) in [7, 11) is 0. The molecule has 3 aromatic rings. The van der Waals surface area contributed by atoms with E-state index in [4.69, 9.17) is 0 Å². The molecule has 3 amide bonds. The molecule has 2 N–H and O–H groups in total. The van der Waals surface area contributed by atoms with Crippen molar-refractivity contribution in [2.24, 2.45) is 0 Å². The van der Waals surface area contributed by atoms with E-state index in [1.165, 1.54) is 5.56 Å². The third kappa shape index (κ3) is 4.69. The van der Waals surface area contributed by atoms with Gasteiger partial charge in [0.25, 0.3) is 5.91 Å². The molecule has 1 heterocycles. The first-order valence-corrected chi connectivity index (χ1v) is 10.2. The second kappa shape index (κ2) is 9.27. The molecule has 0 radical (unpaired) electrons. The number of nitrogens with zero attached hydrogens (tertiary/aromatic N) is 1. The lowest BCUT2D eigenvalue weighted by Crippen LogP contribution is -2.36. The van der Waals surface area contributed by atoms with Crippen LogP contribution in [0.1, 0.15) is 27.0 Å². The topological polar surface area (TPSA) is 61.4 Å². The van der Waals surface area contributed by atoms with E-state index >= 15 is 0 Å². The molecule has 0 bridgehead atoms. The van der Waals surface area contributed by atoms with Crippen molar-refractivity contribution in [1.29, 1.82) is 0 Å². The highest BCUT2D eigenvalue weighted by Gasteiger charge is 2.25. The van der Waals surface area contributed by atoms with Crippen LogP contribution in [-0.4, -0.2) is 25.0 Å². The molecule has 0 atom stereocenters. The number of amides is 3. The molecule has 152 valence electrons. The smallest absolute Gasteiger partial charge is 0.315 e. The fourth-order valence-corrected chi connectivity index (χ4v) is 3.69. The van der Waals surface area contributed by atoms with Gasteiger partial charge in [0.2, 0.25) is 0 Å². The monoisotopic (exact) mass is 399 g/mol. The fourth-order valence-electron chi connectivity index (χ4n) is 3.69. The van der Waals surface area contributed by atoms with Gasteiger partial charge in [-0.3, -0.25) is 4.79 Å². The van der Waals surface area contributed by atoms with Crippen LogP contribution in [0.4, 0.5) is 10.5 Å². The van der Waals surface area contributed by atoms with Gasteiger partial charge in [0, 0.05) is 30.9 Å². The molecule has 1 aliphatic rings. The molecule has 30 heavy (non-hydrogen) atoms. The zero-order chi connectivity index (χ0) is 20.8. The quantitative estimate of drug-likeness (QED) is 0.660. The predicted molar refractivity (Wildman–Crippen MR) is 119 cm³/mol. The number of carbonyl (C=O) groups is 2. The Bertz CT molecular complexity index is 1020. The minimum Gasteiger partial charge on any atom is -0.338 e. The minimum atomic E-state index is -0.191. The summed E-state index contributed by atoms with van der Waals surface area (Å²) in [6, 6.07) is 25.3. The van der Waals surface area contributed by atoms with E-state index in [2.05, 4.69) is 16.7 Å². The average Bonchev–Trinajstić information content (AvgIpc) is 3.22. The van der Waals surface area contributed by atoms with Crippen LogP contribution in [-0.2, 0) is 19.4 Å². The third-order valence-electron chi connectivity index (χ3n) is 5.31. The molecule has 0 aromatic heterocycles. The lowest BCUT2D eigenvalue weighted by molar-refractivity contribution is 0.0989. The normalized spacial score (nSPS) is 12.3. The van der Waals surface area contributed by atoms with Crippen LogP contribution in [0.5, 0.6) is 0 Å². The van der Waals surface area contributed by atoms with Crippen LogP contribution in [0.3, 0.4) is 0 Å². The summed E-state index contributed by atoms with van der Waals surface area (Å²) in [5.74, 6) is 0.0121. The lowest BCUT2D eigenvalue weighted by atomic mass is 10.1. The van der Waals surface area contributed by atoms with Gasteiger partial charge >= 0.3 is 6.03 Å². The molecule has 0 fully saturated rings. The van der Waals surface area contributed by atoms with Crippen LogP contribution in [0, 0.1) is 0 Å². The molecule has 4 rings (SSSR count). The maximum Gasteiger partial charge on any atom is 0.315 e. The highest BCUT2D eigenvalue weighted by atomic mass is 16.2. The Morgan fingerprint density at radius 3 is 2.33 bits per heavy atom. The highest BCUT2D eigenvalue weighted by Crippen LogP contribution is 2.30. The summed E-state index contributed by atoms with van der Waals surface area (Å²) in [4.78, 5) is 26.8. The molecule has 5 nitrogen and oxygen atoms in total. The molecule has 0 unspecified atom stereocenters. The van der Waals surface area contributed by atoms with Gasteiger partial charge in [-0.2, -0.15) is 0 Å². The zero-order valence-corrected chi connectivity index (χ0v) is 16.8. The second-order valence-electron chi connectivity index (χ2n) is 7.38. The molecular weight excluding hydrogens is 374 g/mol. The van der Waals surface area contributed by atoms with E-state index in [1.807, 2.05) is 77.7 Å². The number of rotatable bonds is 6.